The van der Waals surface area contributed by atoms with Gasteiger partial charge >= 0.3 is 0 Å². The van der Waals surface area contributed by atoms with Gasteiger partial charge in [0.1, 0.15) is 0 Å². The highest BCUT2D eigenvalue weighted by molar-refractivity contribution is 6.30. The van der Waals surface area contributed by atoms with Crippen LogP contribution in [0, 0.1) is 12.8 Å². The van der Waals surface area contributed by atoms with Crippen LogP contribution in [-0.4, -0.2) is 32.1 Å². The zero-order valence-corrected chi connectivity index (χ0v) is 14.2. The highest BCUT2D eigenvalue weighted by atomic mass is 35.5. The van der Waals surface area contributed by atoms with Gasteiger partial charge in [-0.3, -0.25) is 0 Å². The van der Waals surface area contributed by atoms with Crippen molar-refractivity contribution < 1.29 is 0 Å². The second kappa shape index (κ2) is 7.54. The Kier molecular flexibility index (Phi) is 5.72. The van der Waals surface area contributed by atoms with Crippen molar-refractivity contribution in [1.82, 2.24) is 5.32 Å². The van der Waals surface area contributed by atoms with E-state index in [1.165, 1.54) is 11.3 Å². The largest absolute Gasteiger partial charge is 0.371 e. The van der Waals surface area contributed by atoms with Gasteiger partial charge in [-0.25, -0.2) is 4.99 Å². The Bertz CT molecular complexity index is 568. The first-order chi connectivity index (χ1) is 10.5. The van der Waals surface area contributed by atoms with E-state index in [4.69, 9.17) is 17.3 Å². The average Bonchev–Trinajstić information content (AvgIpc) is 2.94. The molecule has 0 spiro atoms. The Hall–Kier alpha value is -1.68. The number of benzene rings is 1. The minimum absolute atomic E-state index is 0.500. The lowest BCUT2D eigenvalue weighted by atomic mass is 10.1. The molecule has 0 saturated carbocycles. The van der Waals surface area contributed by atoms with E-state index in [-0.39, 0.29) is 0 Å². The van der Waals surface area contributed by atoms with Crippen molar-refractivity contribution in [1.29, 1.82) is 0 Å². The number of nitrogens with two attached hydrogens (primary N) is 1. The van der Waals surface area contributed by atoms with Crippen LogP contribution in [0.2, 0.25) is 5.02 Å². The number of hydrogen-bond donors (Lipinski definition) is 2. The summed E-state index contributed by atoms with van der Waals surface area (Å²) in [4.78, 5) is 6.64. The number of aryl methyl sites for hydroxylation is 1. The van der Waals surface area contributed by atoms with Gasteiger partial charge in [-0.15, -0.1) is 0 Å². The van der Waals surface area contributed by atoms with Crippen molar-refractivity contribution in [2.75, 3.05) is 31.1 Å². The van der Waals surface area contributed by atoms with E-state index in [0.717, 1.165) is 36.7 Å². The van der Waals surface area contributed by atoms with Crippen LogP contribution in [0.1, 0.15) is 18.9 Å². The molecule has 1 heterocycles. The van der Waals surface area contributed by atoms with Gasteiger partial charge in [0.15, 0.2) is 5.96 Å². The molecule has 0 aromatic heterocycles. The summed E-state index contributed by atoms with van der Waals surface area (Å²) in [7, 11) is 0. The minimum Gasteiger partial charge on any atom is -0.371 e. The van der Waals surface area contributed by atoms with E-state index >= 15 is 0 Å². The molecular formula is C17H25ClN4. The number of guanidine groups is 1. The van der Waals surface area contributed by atoms with Crippen molar-refractivity contribution in [3.63, 3.8) is 0 Å². The maximum Gasteiger partial charge on any atom is 0.188 e. The average molecular weight is 321 g/mol. The number of anilines is 1. The lowest BCUT2D eigenvalue weighted by Crippen LogP contribution is -2.36. The van der Waals surface area contributed by atoms with Crippen molar-refractivity contribution in [3.8, 4) is 0 Å². The monoisotopic (exact) mass is 320 g/mol. The standard InChI is InChI=1S/C17H25ClN4/c1-12(2)9-20-17(19)21-10-14-6-7-22(11-14)16-8-15(18)5-4-13(16)3/h4-5,8,14H,1,6-7,9-11H2,2-3H3,(H3,19,20,21). The summed E-state index contributed by atoms with van der Waals surface area (Å²) in [5.41, 5.74) is 9.36. The molecule has 0 aliphatic carbocycles. The Balaban J connectivity index is 1.86. The van der Waals surface area contributed by atoms with Gasteiger partial charge in [-0.05, 0) is 43.9 Å². The fourth-order valence-corrected chi connectivity index (χ4v) is 2.83. The van der Waals surface area contributed by atoms with Crippen LogP contribution in [0.15, 0.2) is 35.3 Å². The van der Waals surface area contributed by atoms with Crippen LogP contribution in [0.3, 0.4) is 0 Å². The third-order valence-electron chi connectivity index (χ3n) is 3.89. The Morgan fingerprint density at radius 3 is 3.05 bits per heavy atom. The number of hydrogen-bond acceptors (Lipinski definition) is 2. The first-order valence-corrected chi connectivity index (χ1v) is 8.02. The Labute approximate surface area is 138 Å². The fraction of sp³-hybridized carbons (Fsp3) is 0.471. The van der Waals surface area contributed by atoms with E-state index in [1.807, 2.05) is 13.0 Å². The molecule has 1 aliphatic rings. The molecule has 120 valence electrons. The van der Waals surface area contributed by atoms with Crippen LogP contribution < -0.4 is 16.0 Å². The second-order valence-electron chi connectivity index (χ2n) is 6.07. The molecule has 1 fully saturated rings. The van der Waals surface area contributed by atoms with E-state index in [0.29, 0.717) is 18.4 Å². The molecule has 1 aromatic rings. The highest BCUT2D eigenvalue weighted by Gasteiger charge is 2.23. The number of nitrogens with one attached hydrogen (secondary N) is 1. The molecule has 2 rings (SSSR count). The Morgan fingerprint density at radius 2 is 2.32 bits per heavy atom. The molecule has 5 heteroatoms. The molecule has 0 radical (unpaired) electrons. The summed E-state index contributed by atoms with van der Waals surface area (Å²) in [5.74, 6) is 1.07. The number of halogens is 1. The Morgan fingerprint density at radius 1 is 1.55 bits per heavy atom. The quantitative estimate of drug-likeness (QED) is 0.498. The van der Waals surface area contributed by atoms with E-state index < -0.39 is 0 Å². The van der Waals surface area contributed by atoms with Crippen molar-refractivity contribution in [2.24, 2.45) is 16.6 Å². The third-order valence-corrected chi connectivity index (χ3v) is 4.12. The van der Waals surface area contributed by atoms with Crippen molar-refractivity contribution >= 4 is 23.2 Å². The molecule has 22 heavy (non-hydrogen) atoms. The predicted molar refractivity (Wildman–Crippen MR) is 95.8 cm³/mol. The van der Waals surface area contributed by atoms with E-state index in [2.05, 4.69) is 40.8 Å². The van der Waals surface area contributed by atoms with E-state index in [9.17, 15) is 0 Å². The van der Waals surface area contributed by atoms with Crippen LogP contribution in [0.5, 0.6) is 0 Å². The zero-order chi connectivity index (χ0) is 16.1. The number of aliphatic imine (C=N–C) groups is 1. The zero-order valence-electron chi connectivity index (χ0n) is 13.4. The van der Waals surface area contributed by atoms with Gasteiger partial charge in [0, 0.05) is 30.3 Å². The molecule has 1 aliphatic heterocycles. The maximum atomic E-state index is 6.12. The number of rotatable bonds is 5. The first-order valence-electron chi connectivity index (χ1n) is 7.65. The van der Waals surface area contributed by atoms with Crippen LogP contribution in [0.4, 0.5) is 5.69 Å². The van der Waals surface area contributed by atoms with Crippen molar-refractivity contribution in [3.05, 3.63) is 40.9 Å². The van der Waals surface area contributed by atoms with Gasteiger partial charge in [0.25, 0.3) is 0 Å². The topological polar surface area (TPSA) is 53.6 Å². The van der Waals surface area contributed by atoms with Gasteiger partial charge in [-0.2, -0.15) is 0 Å². The van der Waals surface area contributed by atoms with Gasteiger partial charge in [-0.1, -0.05) is 29.8 Å². The molecule has 1 atom stereocenters. The molecular weight excluding hydrogens is 296 g/mol. The van der Waals surface area contributed by atoms with Crippen molar-refractivity contribution in [2.45, 2.75) is 20.3 Å². The molecule has 3 N–H and O–H groups in total. The normalized spacial score (nSPS) is 18.6. The fourth-order valence-electron chi connectivity index (χ4n) is 2.67. The summed E-state index contributed by atoms with van der Waals surface area (Å²) < 4.78 is 0. The van der Waals surface area contributed by atoms with Gasteiger partial charge < -0.3 is 16.0 Å². The summed E-state index contributed by atoms with van der Waals surface area (Å²) in [6.45, 7) is 11.4. The molecule has 1 aromatic carbocycles. The smallest absolute Gasteiger partial charge is 0.188 e. The molecule has 0 bridgehead atoms. The lowest BCUT2D eigenvalue weighted by molar-refractivity contribution is 0.570. The summed E-state index contributed by atoms with van der Waals surface area (Å²) in [5, 5.41) is 4.00. The molecule has 1 unspecified atom stereocenters. The minimum atomic E-state index is 0.500. The molecule has 4 nitrogen and oxygen atoms in total. The summed E-state index contributed by atoms with van der Waals surface area (Å²) in [6.07, 6.45) is 1.15. The van der Waals surface area contributed by atoms with E-state index in [1.54, 1.807) is 0 Å². The van der Waals surface area contributed by atoms with Gasteiger partial charge in [0.2, 0.25) is 0 Å². The summed E-state index contributed by atoms with van der Waals surface area (Å²) in [6, 6.07) is 6.06. The lowest BCUT2D eigenvalue weighted by Gasteiger charge is -2.21. The van der Waals surface area contributed by atoms with Crippen LogP contribution in [-0.2, 0) is 0 Å². The van der Waals surface area contributed by atoms with Gasteiger partial charge in [0.05, 0.1) is 6.54 Å². The van der Waals surface area contributed by atoms with Crippen LogP contribution in [0.25, 0.3) is 0 Å². The molecule has 0 amide bonds. The SMILES string of the molecule is C=C(C)CN=C(N)NCC1CCN(c2cc(Cl)ccc2C)C1. The first kappa shape index (κ1) is 16.7. The third kappa shape index (κ3) is 4.67. The predicted octanol–water partition coefficient (Wildman–Crippen LogP) is 2.96. The summed E-state index contributed by atoms with van der Waals surface area (Å²) >= 11 is 6.12. The second-order valence-corrected chi connectivity index (χ2v) is 6.51. The number of nitrogens with zero attached hydrogens (tertiary/aromatic N) is 2. The highest BCUT2D eigenvalue weighted by Crippen LogP contribution is 2.29. The molecule has 1 saturated heterocycles. The van der Waals surface area contributed by atoms with Crippen LogP contribution >= 0.6 is 11.6 Å². The maximum absolute atomic E-state index is 6.12.